The van der Waals surface area contributed by atoms with Crippen LogP contribution in [0.25, 0.3) is 11.4 Å². The van der Waals surface area contributed by atoms with Gasteiger partial charge in [-0.15, -0.1) is 10.2 Å². The first-order valence-electron chi connectivity index (χ1n) is 24.4. The van der Waals surface area contributed by atoms with Gasteiger partial charge in [0.2, 0.25) is 17.7 Å². The lowest BCUT2D eigenvalue weighted by Crippen LogP contribution is -2.51. The number of hydrogen-bond donors (Lipinski definition) is 6. The van der Waals surface area contributed by atoms with Crippen LogP contribution in [0.5, 0.6) is 11.5 Å². The van der Waals surface area contributed by atoms with Crippen LogP contribution in [0, 0.1) is 0 Å². The van der Waals surface area contributed by atoms with E-state index in [-0.39, 0.29) is 49.2 Å². The first kappa shape index (κ1) is 50.3. The van der Waals surface area contributed by atoms with Crippen molar-refractivity contribution >= 4 is 41.3 Å². The van der Waals surface area contributed by atoms with Crippen LogP contribution in [-0.2, 0) is 35.9 Å². The highest BCUT2D eigenvalue weighted by atomic mass is 16.5. The number of carbonyl (C=O) groups is 5. The number of aromatic amines is 1. The van der Waals surface area contributed by atoms with Crippen molar-refractivity contribution in [1.29, 1.82) is 0 Å². The number of anilines is 2. The number of piperidine rings is 2. The molecule has 2 unspecified atom stereocenters. The lowest BCUT2D eigenvalue weighted by molar-refractivity contribution is -0.137. The summed E-state index contributed by atoms with van der Waals surface area (Å²) in [5.41, 5.74) is 4.06. The highest BCUT2D eigenvalue weighted by molar-refractivity contribution is 6.00. The fraction of sp³-hybridized carbons (Fsp3) is 0.423. The number of carbonyl (C=O) groups excluding carboxylic acids is 5. The lowest BCUT2D eigenvalue weighted by atomic mass is 9.87. The molecular weight excluding hydrogens is 909 g/mol. The predicted octanol–water partition coefficient (Wildman–Crippen LogP) is 5.47. The fourth-order valence-corrected chi connectivity index (χ4v) is 9.12. The van der Waals surface area contributed by atoms with E-state index in [0.717, 1.165) is 73.6 Å². The molecule has 374 valence electrons. The first-order chi connectivity index (χ1) is 34.7. The van der Waals surface area contributed by atoms with E-state index >= 15 is 0 Å². The number of hydrogen-bond acceptors (Lipinski definition) is 15. The number of benzene rings is 3. The monoisotopic (exact) mass is 970 g/mol. The van der Waals surface area contributed by atoms with E-state index < -0.39 is 11.6 Å². The molecule has 3 aliphatic rings. The number of likely N-dealkylation sites (N-methyl/N-ethyl adjacent to an activating group) is 1. The van der Waals surface area contributed by atoms with Crippen LogP contribution >= 0.6 is 0 Å². The minimum atomic E-state index is -0.530. The van der Waals surface area contributed by atoms with Crippen LogP contribution < -0.4 is 36.1 Å². The Balaban J connectivity index is 0.723. The molecule has 0 saturated carbocycles. The average Bonchev–Trinajstić information content (AvgIpc) is 3.90. The van der Waals surface area contributed by atoms with Gasteiger partial charge in [-0.05, 0) is 120 Å². The SMILES string of the molecule is CN(Cc1c(C=O)cccc1NC(=O)COCCCOCCCCCOc1ccc2c(c1)C(NC(=O)c1cccc(NC3(c4nnc(-c5ccncc5)[nH]4)CCNCC3)c1)CCO2)C1CCC(=O)NC1=O. The molecule has 2 aromatic heterocycles. The Kier molecular flexibility index (Phi) is 17.5. The molecule has 3 aliphatic heterocycles. The summed E-state index contributed by atoms with van der Waals surface area (Å²) >= 11 is 0. The summed E-state index contributed by atoms with van der Waals surface area (Å²) in [7, 11) is 1.74. The second-order valence-corrected chi connectivity index (χ2v) is 18.0. The Labute approximate surface area is 412 Å². The standard InChI is InChI=1S/C52H62N10O9/c1-62(44-13-15-46(64)57-50(44)67)32-41-37(33-63)9-6-11-42(41)55-47(65)34-69-27-7-26-68-25-3-2-4-28-70-39-12-14-45-40(31-39)43(18-29-71-45)56-49(66)36-8-5-10-38(30-36)59-52(19-23-54-24-20-52)51-58-48(60-61-51)35-16-21-53-22-17-35/h5-6,8-12,14,16-17,21-22,30-31,33,43-44,54,59H,2-4,7,13,15,18-20,23-29,32,34H2,1H3,(H,55,65)(H,56,66)(H,57,64,67)(H,58,60,61). The van der Waals surface area contributed by atoms with E-state index in [1.807, 2.05) is 54.6 Å². The molecule has 0 bridgehead atoms. The molecule has 8 rings (SSSR count). The number of ether oxygens (including phenoxy) is 4. The Morgan fingerprint density at radius 3 is 2.54 bits per heavy atom. The number of unbranched alkanes of at least 4 members (excludes halogenated alkanes) is 2. The molecule has 2 saturated heterocycles. The van der Waals surface area contributed by atoms with Gasteiger partial charge in [0.1, 0.15) is 24.4 Å². The maximum Gasteiger partial charge on any atom is 0.251 e. The molecule has 2 atom stereocenters. The van der Waals surface area contributed by atoms with E-state index in [1.165, 1.54) is 0 Å². The summed E-state index contributed by atoms with van der Waals surface area (Å²) in [6, 6.07) is 21.4. The largest absolute Gasteiger partial charge is 0.494 e. The van der Waals surface area contributed by atoms with Crippen molar-refractivity contribution in [3.05, 3.63) is 113 Å². The zero-order valence-electron chi connectivity index (χ0n) is 40.0. The predicted molar refractivity (Wildman–Crippen MR) is 264 cm³/mol. The van der Waals surface area contributed by atoms with E-state index in [1.54, 1.807) is 42.5 Å². The Hall–Kier alpha value is -7.06. The molecule has 2 fully saturated rings. The molecule has 5 aromatic rings. The van der Waals surface area contributed by atoms with E-state index in [9.17, 15) is 24.0 Å². The minimum Gasteiger partial charge on any atom is -0.494 e. The first-order valence-corrected chi connectivity index (χ1v) is 24.4. The van der Waals surface area contributed by atoms with Crippen molar-refractivity contribution in [2.45, 2.75) is 82.0 Å². The van der Waals surface area contributed by atoms with E-state index in [0.29, 0.717) is 92.5 Å². The average molecular weight is 971 g/mol. The quantitative estimate of drug-likeness (QED) is 0.0255. The van der Waals surface area contributed by atoms with Crippen LogP contribution in [-0.4, -0.2) is 121 Å². The van der Waals surface area contributed by atoms with Gasteiger partial charge in [0.05, 0.1) is 30.8 Å². The molecule has 0 spiro atoms. The number of nitrogens with zero attached hydrogens (tertiary/aromatic N) is 4. The maximum absolute atomic E-state index is 13.8. The van der Waals surface area contributed by atoms with Gasteiger partial charge in [-0.3, -0.25) is 39.2 Å². The number of nitrogens with one attached hydrogen (secondary N) is 6. The summed E-state index contributed by atoms with van der Waals surface area (Å²) < 4.78 is 23.5. The van der Waals surface area contributed by atoms with Gasteiger partial charge in [0.15, 0.2) is 11.6 Å². The molecule has 5 heterocycles. The number of rotatable bonds is 24. The molecule has 0 radical (unpaired) electrons. The third-order valence-electron chi connectivity index (χ3n) is 13.0. The summed E-state index contributed by atoms with van der Waals surface area (Å²) in [6.45, 7) is 4.08. The highest BCUT2D eigenvalue weighted by Gasteiger charge is 2.38. The number of aldehydes is 1. The van der Waals surface area contributed by atoms with E-state index in [2.05, 4.69) is 46.7 Å². The van der Waals surface area contributed by atoms with Crippen molar-refractivity contribution in [2.75, 3.05) is 70.4 Å². The van der Waals surface area contributed by atoms with Gasteiger partial charge in [-0.2, -0.15) is 0 Å². The summed E-state index contributed by atoms with van der Waals surface area (Å²) in [5, 5.41) is 24.6. The van der Waals surface area contributed by atoms with Crippen LogP contribution in [0.4, 0.5) is 11.4 Å². The number of pyridine rings is 1. The minimum absolute atomic E-state index is 0.172. The van der Waals surface area contributed by atoms with Crippen molar-refractivity contribution in [2.24, 2.45) is 0 Å². The fourth-order valence-electron chi connectivity index (χ4n) is 9.12. The Bertz CT molecular complexity index is 2620. The second-order valence-electron chi connectivity index (χ2n) is 18.0. The smallest absolute Gasteiger partial charge is 0.251 e. The summed E-state index contributed by atoms with van der Waals surface area (Å²) in [6.07, 6.45) is 10.2. The molecule has 19 nitrogen and oxygen atoms in total. The van der Waals surface area contributed by atoms with Gasteiger partial charge >= 0.3 is 0 Å². The normalized spacial score (nSPS) is 17.4. The zero-order valence-corrected chi connectivity index (χ0v) is 40.0. The third-order valence-corrected chi connectivity index (χ3v) is 13.0. The van der Waals surface area contributed by atoms with Gasteiger partial charge in [-0.25, -0.2) is 0 Å². The van der Waals surface area contributed by atoms with Crippen LogP contribution in [0.15, 0.2) is 85.2 Å². The van der Waals surface area contributed by atoms with Crippen LogP contribution in [0.1, 0.15) is 101 Å². The highest BCUT2D eigenvalue weighted by Crippen LogP contribution is 2.37. The molecular formula is C52H62N10O9. The van der Waals surface area contributed by atoms with Crippen molar-refractivity contribution in [1.82, 2.24) is 41.0 Å². The molecule has 3 aromatic carbocycles. The van der Waals surface area contributed by atoms with Crippen LogP contribution in [0.3, 0.4) is 0 Å². The molecule has 71 heavy (non-hydrogen) atoms. The van der Waals surface area contributed by atoms with Gasteiger partial charge < -0.3 is 45.2 Å². The molecule has 4 amide bonds. The van der Waals surface area contributed by atoms with Crippen molar-refractivity contribution < 1.29 is 42.9 Å². The number of H-pyrrole nitrogens is 1. The van der Waals surface area contributed by atoms with Gasteiger partial charge in [0, 0.05) is 90.8 Å². The Morgan fingerprint density at radius 2 is 1.70 bits per heavy atom. The second kappa shape index (κ2) is 24.7. The maximum atomic E-state index is 13.8. The lowest BCUT2D eigenvalue weighted by Gasteiger charge is -2.37. The Morgan fingerprint density at radius 1 is 0.901 bits per heavy atom. The number of imide groups is 1. The summed E-state index contributed by atoms with van der Waals surface area (Å²) in [5.74, 6) is 1.63. The number of aromatic nitrogens is 4. The van der Waals surface area contributed by atoms with Crippen molar-refractivity contribution in [3.8, 4) is 22.9 Å². The van der Waals surface area contributed by atoms with Gasteiger partial charge in [-0.1, -0.05) is 18.2 Å². The summed E-state index contributed by atoms with van der Waals surface area (Å²) in [4.78, 5) is 71.8. The molecule has 6 N–H and O–H groups in total. The van der Waals surface area contributed by atoms with Crippen molar-refractivity contribution in [3.63, 3.8) is 0 Å². The number of amides is 4. The zero-order chi connectivity index (χ0) is 49.4. The van der Waals surface area contributed by atoms with Gasteiger partial charge in [0.25, 0.3) is 5.91 Å². The topological polar surface area (TPSA) is 240 Å². The third kappa shape index (κ3) is 13.4. The van der Waals surface area contributed by atoms with E-state index in [4.69, 9.17) is 18.9 Å². The molecule has 19 heteroatoms. The molecule has 0 aliphatic carbocycles. The number of fused-ring (bicyclic) bond motifs is 1. The van der Waals surface area contributed by atoms with Crippen LogP contribution in [0.2, 0.25) is 0 Å².